The van der Waals surface area contributed by atoms with Crippen LogP contribution in [-0.2, 0) is 19.3 Å². The topological polar surface area (TPSA) is 62.2 Å². The summed E-state index contributed by atoms with van der Waals surface area (Å²) in [6.45, 7) is 2.60. The Balaban J connectivity index is 1.41. The molecule has 1 unspecified atom stereocenters. The molecular weight excluding hydrogens is 317 g/mol. The predicted molar refractivity (Wildman–Crippen MR) is 103 cm³/mol. The minimum absolute atomic E-state index is 0.740. The third kappa shape index (κ3) is 5.00. The fourth-order valence-corrected chi connectivity index (χ4v) is 2.99. The van der Waals surface area contributed by atoms with Gasteiger partial charge in [-0.2, -0.15) is 0 Å². The first-order valence-corrected chi connectivity index (χ1v) is 9.05. The first kappa shape index (κ1) is 16.8. The van der Waals surface area contributed by atoms with E-state index in [1.54, 1.807) is 0 Å². The minimum atomic E-state index is 0.740. The van der Waals surface area contributed by atoms with Crippen LogP contribution in [-0.4, -0.2) is 35.2 Å². The molecule has 0 bridgehead atoms. The van der Waals surface area contributed by atoms with Crippen LogP contribution in [0.15, 0.2) is 41.5 Å². The van der Waals surface area contributed by atoms with E-state index in [9.17, 15) is 0 Å². The second-order valence-corrected chi connectivity index (χ2v) is 6.40. The van der Waals surface area contributed by atoms with Gasteiger partial charge in [-0.25, -0.2) is 4.98 Å². The zero-order valence-corrected chi connectivity index (χ0v) is 15.0. The normalized spacial score (nSPS) is 14.0. The summed E-state index contributed by atoms with van der Waals surface area (Å²) in [7, 11) is 2.66. The van der Waals surface area contributed by atoms with E-state index < -0.39 is 0 Å². The number of pyridine rings is 2. The molecule has 3 rings (SSSR count). The molecule has 1 atom stereocenters. The van der Waals surface area contributed by atoms with Gasteiger partial charge in [0.05, 0.1) is 0 Å². The summed E-state index contributed by atoms with van der Waals surface area (Å²) in [4.78, 5) is 13.5. The maximum absolute atomic E-state index is 4.71. The monoisotopic (exact) mass is 341 g/mol. The number of hydrogen-bond acceptors (Lipinski definition) is 4. The van der Waals surface area contributed by atoms with E-state index in [1.165, 1.54) is 12.0 Å². The van der Waals surface area contributed by atoms with E-state index in [0.29, 0.717) is 0 Å². The fraction of sp³-hybridized carbons (Fsp3) is 0.389. The van der Waals surface area contributed by atoms with Crippen molar-refractivity contribution in [3.63, 3.8) is 0 Å². The molecule has 0 aliphatic carbocycles. The summed E-state index contributed by atoms with van der Waals surface area (Å²) >= 11 is 0. The SMILES string of the molecule is PC(=NCCc1ccccn1)NCCc1ccc2c(n1)NCCC2. The average molecular weight is 341 g/mol. The zero-order chi connectivity index (χ0) is 16.6. The van der Waals surface area contributed by atoms with Crippen LogP contribution < -0.4 is 10.6 Å². The maximum Gasteiger partial charge on any atom is 0.129 e. The number of amidine groups is 1. The maximum atomic E-state index is 4.71. The standard InChI is InChI=1S/C18H24N5P/c24-18(21-12-8-15-5-1-2-10-19-15)22-13-9-16-7-6-14-4-3-11-20-17(14)23-16/h1-2,5-7,10H,3-4,8-9,11-13,24H2,(H,20,23)(H,21,22). The highest BCUT2D eigenvalue weighted by molar-refractivity contribution is 7.40. The van der Waals surface area contributed by atoms with Crippen LogP contribution in [0, 0.1) is 0 Å². The van der Waals surface area contributed by atoms with Crippen LogP contribution in [0.4, 0.5) is 5.82 Å². The Morgan fingerprint density at radius 1 is 1.21 bits per heavy atom. The van der Waals surface area contributed by atoms with Crippen LogP contribution in [0.25, 0.3) is 0 Å². The number of fused-ring (bicyclic) bond motifs is 1. The number of nitrogens with one attached hydrogen (secondary N) is 2. The van der Waals surface area contributed by atoms with Gasteiger partial charge in [0.15, 0.2) is 0 Å². The predicted octanol–water partition coefficient (Wildman–Crippen LogP) is 2.44. The molecule has 0 fully saturated rings. The Morgan fingerprint density at radius 2 is 2.17 bits per heavy atom. The number of rotatable bonds is 6. The third-order valence-electron chi connectivity index (χ3n) is 4.02. The van der Waals surface area contributed by atoms with E-state index in [-0.39, 0.29) is 0 Å². The van der Waals surface area contributed by atoms with Crippen LogP contribution in [0.5, 0.6) is 0 Å². The van der Waals surface area contributed by atoms with Gasteiger partial charge < -0.3 is 10.6 Å². The van der Waals surface area contributed by atoms with Gasteiger partial charge in [-0.15, -0.1) is 0 Å². The largest absolute Gasteiger partial charge is 0.370 e. The van der Waals surface area contributed by atoms with E-state index >= 15 is 0 Å². The molecule has 0 amide bonds. The zero-order valence-electron chi connectivity index (χ0n) is 13.8. The fourth-order valence-electron chi connectivity index (χ4n) is 2.72. The van der Waals surface area contributed by atoms with E-state index in [2.05, 4.69) is 42.0 Å². The average Bonchev–Trinajstić information content (AvgIpc) is 2.62. The second kappa shape index (κ2) is 8.74. The highest BCUT2D eigenvalue weighted by atomic mass is 31.0. The van der Waals surface area contributed by atoms with E-state index in [4.69, 9.17) is 4.98 Å². The van der Waals surface area contributed by atoms with Gasteiger partial charge in [0.25, 0.3) is 0 Å². The van der Waals surface area contributed by atoms with Crippen LogP contribution in [0.3, 0.4) is 0 Å². The number of aliphatic imine (C=N–C) groups is 1. The first-order valence-electron chi connectivity index (χ1n) is 8.47. The lowest BCUT2D eigenvalue weighted by atomic mass is 10.1. The van der Waals surface area contributed by atoms with Crippen LogP contribution in [0.1, 0.15) is 23.4 Å². The Kier molecular flexibility index (Phi) is 6.13. The van der Waals surface area contributed by atoms with Crippen molar-refractivity contribution in [2.45, 2.75) is 25.7 Å². The van der Waals surface area contributed by atoms with Gasteiger partial charge in [0.1, 0.15) is 11.4 Å². The molecule has 0 spiro atoms. The number of anilines is 1. The Labute approximate surface area is 145 Å². The minimum Gasteiger partial charge on any atom is -0.370 e. The Morgan fingerprint density at radius 3 is 3.04 bits per heavy atom. The van der Waals surface area contributed by atoms with Gasteiger partial charge >= 0.3 is 0 Å². The highest BCUT2D eigenvalue weighted by Crippen LogP contribution is 2.19. The molecule has 0 aromatic carbocycles. The molecule has 24 heavy (non-hydrogen) atoms. The smallest absolute Gasteiger partial charge is 0.129 e. The lowest BCUT2D eigenvalue weighted by molar-refractivity contribution is 0.797. The molecule has 0 saturated carbocycles. The number of hydrogen-bond donors (Lipinski definition) is 2. The van der Waals surface area contributed by atoms with Crippen molar-refractivity contribution in [1.82, 2.24) is 15.3 Å². The number of aryl methyl sites for hydroxylation is 1. The third-order valence-corrected chi connectivity index (χ3v) is 4.40. The molecule has 2 aromatic heterocycles. The summed E-state index contributed by atoms with van der Waals surface area (Å²) in [6, 6.07) is 10.3. The summed E-state index contributed by atoms with van der Waals surface area (Å²) in [6.07, 6.45) is 5.90. The van der Waals surface area contributed by atoms with Crippen molar-refractivity contribution in [2.24, 2.45) is 4.99 Å². The Hall–Kier alpha value is -2.00. The molecule has 5 nitrogen and oxygen atoms in total. The lowest BCUT2D eigenvalue weighted by Gasteiger charge is -2.17. The molecular formula is C18H24N5P. The van der Waals surface area contributed by atoms with Gasteiger partial charge in [-0.1, -0.05) is 21.4 Å². The van der Waals surface area contributed by atoms with Crippen molar-refractivity contribution in [3.05, 3.63) is 53.5 Å². The number of aromatic nitrogens is 2. The molecule has 3 heterocycles. The summed E-state index contributed by atoms with van der Waals surface area (Å²) in [5, 5.41) is 6.71. The van der Waals surface area contributed by atoms with Gasteiger partial charge in [0, 0.05) is 50.1 Å². The molecule has 1 aliphatic rings. The van der Waals surface area contributed by atoms with Crippen molar-refractivity contribution in [3.8, 4) is 0 Å². The summed E-state index contributed by atoms with van der Waals surface area (Å²) in [5.41, 5.74) is 4.41. The molecule has 126 valence electrons. The molecule has 0 radical (unpaired) electrons. The molecule has 1 aliphatic heterocycles. The summed E-state index contributed by atoms with van der Waals surface area (Å²) < 4.78 is 0. The van der Waals surface area contributed by atoms with Crippen molar-refractivity contribution in [2.75, 3.05) is 25.0 Å². The first-order chi connectivity index (χ1) is 11.8. The molecule has 2 aromatic rings. The molecule has 0 saturated heterocycles. The van der Waals surface area contributed by atoms with Crippen molar-refractivity contribution in [1.29, 1.82) is 0 Å². The van der Waals surface area contributed by atoms with Gasteiger partial charge in [-0.3, -0.25) is 9.98 Å². The quantitative estimate of drug-likeness (QED) is 0.481. The highest BCUT2D eigenvalue weighted by Gasteiger charge is 2.09. The van der Waals surface area contributed by atoms with E-state index in [1.807, 2.05) is 24.4 Å². The summed E-state index contributed by atoms with van der Waals surface area (Å²) in [5.74, 6) is 1.06. The Bertz CT molecular complexity index is 687. The van der Waals surface area contributed by atoms with Crippen molar-refractivity contribution >= 4 is 20.6 Å². The van der Waals surface area contributed by atoms with Crippen LogP contribution >= 0.6 is 9.24 Å². The second-order valence-electron chi connectivity index (χ2n) is 5.86. The lowest BCUT2D eigenvalue weighted by Crippen LogP contribution is -2.22. The molecule has 6 heteroatoms. The van der Waals surface area contributed by atoms with Gasteiger partial charge in [-0.05, 0) is 36.6 Å². The van der Waals surface area contributed by atoms with Crippen LogP contribution in [0.2, 0.25) is 0 Å². The number of nitrogens with zero attached hydrogens (tertiary/aromatic N) is 3. The van der Waals surface area contributed by atoms with E-state index in [0.717, 1.165) is 61.7 Å². The van der Waals surface area contributed by atoms with Gasteiger partial charge in [0.2, 0.25) is 0 Å². The molecule has 2 N–H and O–H groups in total. The van der Waals surface area contributed by atoms with Crippen molar-refractivity contribution < 1.29 is 0 Å².